The molecule has 1 aromatic carbocycles. The van der Waals surface area contributed by atoms with Gasteiger partial charge < -0.3 is 15.2 Å². The van der Waals surface area contributed by atoms with Crippen molar-refractivity contribution in [2.24, 2.45) is 5.73 Å². The third-order valence-corrected chi connectivity index (χ3v) is 2.98. The first-order valence-corrected chi connectivity index (χ1v) is 6.32. The van der Waals surface area contributed by atoms with Crippen molar-refractivity contribution in [3.63, 3.8) is 0 Å². The SMILES string of the molecule is CCOC(CC)C(N)Cc1cccc(OC)c1F. The summed E-state index contributed by atoms with van der Waals surface area (Å²) >= 11 is 0. The largest absolute Gasteiger partial charge is 0.494 e. The van der Waals surface area contributed by atoms with E-state index < -0.39 is 0 Å². The summed E-state index contributed by atoms with van der Waals surface area (Å²) in [7, 11) is 1.46. The molecular formula is C14H22FNO2. The molecule has 0 aliphatic heterocycles. The highest BCUT2D eigenvalue weighted by molar-refractivity contribution is 5.31. The maximum atomic E-state index is 14.0. The molecule has 0 aliphatic carbocycles. The van der Waals surface area contributed by atoms with Gasteiger partial charge in [-0.15, -0.1) is 0 Å². The molecule has 1 aromatic rings. The van der Waals surface area contributed by atoms with E-state index in [1.807, 2.05) is 13.8 Å². The Morgan fingerprint density at radius 1 is 1.33 bits per heavy atom. The highest BCUT2D eigenvalue weighted by Gasteiger charge is 2.19. The lowest BCUT2D eigenvalue weighted by molar-refractivity contribution is 0.0415. The van der Waals surface area contributed by atoms with E-state index in [9.17, 15) is 4.39 Å². The molecule has 0 amide bonds. The Balaban J connectivity index is 2.77. The van der Waals surface area contributed by atoms with E-state index in [1.165, 1.54) is 7.11 Å². The number of hydrogen-bond acceptors (Lipinski definition) is 3. The predicted octanol–water partition coefficient (Wildman–Crippen LogP) is 2.52. The van der Waals surface area contributed by atoms with Crippen LogP contribution in [-0.2, 0) is 11.2 Å². The van der Waals surface area contributed by atoms with E-state index in [1.54, 1.807) is 18.2 Å². The lowest BCUT2D eigenvalue weighted by Crippen LogP contribution is -2.38. The van der Waals surface area contributed by atoms with Crippen LogP contribution in [-0.4, -0.2) is 25.9 Å². The van der Waals surface area contributed by atoms with Crippen molar-refractivity contribution in [2.45, 2.75) is 38.8 Å². The molecule has 4 heteroatoms. The van der Waals surface area contributed by atoms with Crippen molar-refractivity contribution < 1.29 is 13.9 Å². The molecule has 2 N–H and O–H groups in total. The van der Waals surface area contributed by atoms with E-state index in [-0.39, 0.29) is 23.7 Å². The molecule has 0 saturated heterocycles. The maximum absolute atomic E-state index is 14.0. The van der Waals surface area contributed by atoms with Crippen LogP contribution >= 0.6 is 0 Å². The van der Waals surface area contributed by atoms with E-state index in [0.717, 1.165) is 6.42 Å². The number of rotatable bonds is 7. The van der Waals surface area contributed by atoms with Crippen LogP contribution in [0.1, 0.15) is 25.8 Å². The Bertz CT molecular complexity index is 371. The fraction of sp³-hybridized carbons (Fsp3) is 0.571. The van der Waals surface area contributed by atoms with Crippen molar-refractivity contribution in [1.82, 2.24) is 0 Å². The highest BCUT2D eigenvalue weighted by atomic mass is 19.1. The summed E-state index contributed by atoms with van der Waals surface area (Å²) in [6, 6.07) is 4.89. The molecule has 0 fully saturated rings. The summed E-state index contributed by atoms with van der Waals surface area (Å²) in [5.41, 5.74) is 6.64. The van der Waals surface area contributed by atoms with Gasteiger partial charge in [-0.3, -0.25) is 0 Å². The zero-order valence-corrected chi connectivity index (χ0v) is 11.3. The Morgan fingerprint density at radius 2 is 2.06 bits per heavy atom. The molecule has 0 radical (unpaired) electrons. The summed E-state index contributed by atoms with van der Waals surface area (Å²) in [6.45, 7) is 4.57. The lowest BCUT2D eigenvalue weighted by Gasteiger charge is -2.23. The Morgan fingerprint density at radius 3 is 2.61 bits per heavy atom. The molecule has 1 rings (SSSR count). The molecule has 0 aromatic heterocycles. The first-order chi connectivity index (χ1) is 8.63. The number of nitrogens with two attached hydrogens (primary N) is 1. The van der Waals surface area contributed by atoms with Gasteiger partial charge in [-0.05, 0) is 31.4 Å². The fourth-order valence-electron chi connectivity index (χ4n) is 2.02. The first-order valence-electron chi connectivity index (χ1n) is 6.32. The average molecular weight is 255 g/mol. The van der Waals surface area contributed by atoms with Gasteiger partial charge in [-0.25, -0.2) is 4.39 Å². The first kappa shape index (κ1) is 14.9. The molecule has 0 spiro atoms. The monoisotopic (exact) mass is 255 g/mol. The van der Waals surface area contributed by atoms with Gasteiger partial charge in [0.15, 0.2) is 11.6 Å². The summed E-state index contributed by atoms with van der Waals surface area (Å²) in [5.74, 6) is -0.0778. The number of benzene rings is 1. The van der Waals surface area contributed by atoms with Gasteiger partial charge in [0, 0.05) is 12.6 Å². The van der Waals surface area contributed by atoms with Crippen LogP contribution in [0, 0.1) is 5.82 Å². The summed E-state index contributed by atoms with van der Waals surface area (Å²) in [5, 5.41) is 0. The Labute approximate surface area is 108 Å². The normalized spacial score (nSPS) is 14.3. The number of hydrogen-bond donors (Lipinski definition) is 1. The lowest BCUT2D eigenvalue weighted by atomic mass is 10.00. The van der Waals surface area contributed by atoms with Gasteiger partial charge in [0.25, 0.3) is 0 Å². The van der Waals surface area contributed by atoms with Crippen molar-refractivity contribution >= 4 is 0 Å². The number of halogens is 1. The summed E-state index contributed by atoms with van der Waals surface area (Å²) < 4.78 is 24.5. The Hall–Kier alpha value is -1.13. The van der Waals surface area contributed by atoms with Crippen molar-refractivity contribution in [3.8, 4) is 5.75 Å². The smallest absolute Gasteiger partial charge is 0.168 e. The second-order valence-electron chi connectivity index (χ2n) is 4.20. The predicted molar refractivity (Wildman–Crippen MR) is 70.3 cm³/mol. The fourth-order valence-corrected chi connectivity index (χ4v) is 2.02. The third-order valence-electron chi connectivity index (χ3n) is 2.98. The van der Waals surface area contributed by atoms with Crippen LogP contribution in [0.3, 0.4) is 0 Å². The van der Waals surface area contributed by atoms with Gasteiger partial charge in [-0.2, -0.15) is 0 Å². The minimum atomic E-state index is -0.332. The topological polar surface area (TPSA) is 44.5 Å². The average Bonchev–Trinajstić information content (AvgIpc) is 2.38. The van der Waals surface area contributed by atoms with Gasteiger partial charge in [0.1, 0.15) is 0 Å². The summed E-state index contributed by atoms with van der Waals surface area (Å²) in [6.07, 6.45) is 1.22. The van der Waals surface area contributed by atoms with Gasteiger partial charge >= 0.3 is 0 Å². The van der Waals surface area contributed by atoms with Crippen LogP contribution in [0.2, 0.25) is 0 Å². The molecule has 102 valence electrons. The maximum Gasteiger partial charge on any atom is 0.168 e. The molecule has 18 heavy (non-hydrogen) atoms. The molecule has 0 bridgehead atoms. The van der Waals surface area contributed by atoms with Crippen LogP contribution in [0.4, 0.5) is 4.39 Å². The van der Waals surface area contributed by atoms with Crippen LogP contribution < -0.4 is 10.5 Å². The second-order valence-corrected chi connectivity index (χ2v) is 4.20. The van der Waals surface area contributed by atoms with E-state index >= 15 is 0 Å². The van der Waals surface area contributed by atoms with E-state index in [0.29, 0.717) is 18.6 Å². The summed E-state index contributed by atoms with van der Waals surface area (Å²) in [4.78, 5) is 0. The molecule has 0 heterocycles. The van der Waals surface area contributed by atoms with Crippen LogP contribution in [0.5, 0.6) is 5.75 Å². The zero-order chi connectivity index (χ0) is 13.5. The van der Waals surface area contributed by atoms with Crippen LogP contribution in [0.15, 0.2) is 18.2 Å². The molecule has 0 aliphatic rings. The number of ether oxygens (including phenoxy) is 2. The van der Waals surface area contributed by atoms with Gasteiger partial charge in [0.05, 0.1) is 13.2 Å². The minimum absolute atomic E-state index is 0.0411. The van der Waals surface area contributed by atoms with Gasteiger partial charge in [-0.1, -0.05) is 19.1 Å². The zero-order valence-electron chi connectivity index (χ0n) is 11.3. The Kier molecular flexibility index (Phi) is 6.09. The molecule has 2 atom stereocenters. The van der Waals surface area contributed by atoms with E-state index in [4.69, 9.17) is 15.2 Å². The standard InChI is InChI=1S/C14H22FNO2/c1-4-12(18-5-2)11(16)9-10-7-6-8-13(17-3)14(10)15/h6-8,11-12H,4-5,9,16H2,1-3H3. The van der Waals surface area contributed by atoms with Crippen molar-refractivity contribution in [3.05, 3.63) is 29.6 Å². The third kappa shape index (κ3) is 3.68. The van der Waals surface area contributed by atoms with Gasteiger partial charge in [0.2, 0.25) is 0 Å². The second kappa shape index (κ2) is 7.34. The number of methoxy groups -OCH3 is 1. The highest BCUT2D eigenvalue weighted by Crippen LogP contribution is 2.21. The molecule has 2 unspecified atom stereocenters. The quantitative estimate of drug-likeness (QED) is 0.814. The molecule has 3 nitrogen and oxygen atoms in total. The van der Waals surface area contributed by atoms with Crippen molar-refractivity contribution in [1.29, 1.82) is 0 Å². The molecular weight excluding hydrogens is 233 g/mol. The van der Waals surface area contributed by atoms with E-state index in [2.05, 4.69) is 0 Å². The molecule has 0 saturated carbocycles. The van der Waals surface area contributed by atoms with Crippen molar-refractivity contribution in [2.75, 3.05) is 13.7 Å². The minimum Gasteiger partial charge on any atom is -0.494 e. The van der Waals surface area contributed by atoms with Crippen LogP contribution in [0.25, 0.3) is 0 Å².